The molecule has 0 bridgehead atoms. The molecule has 2 heterocycles. The third-order valence-electron chi connectivity index (χ3n) is 6.80. The zero-order valence-electron chi connectivity index (χ0n) is 19.3. The number of benzene rings is 1. The van der Waals surface area contributed by atoms with Crippen molar-refractivity contribution in [1.29, 1.82) is 0 Å². The molecule has 1 aliphatic carbocycles. The molecule has 33 heavy (non-hydrogen) atoms. The summed E-state index contributed by atoms with van der Waals surface area (Å²) in [5.74, 6) is 0.0000241. The molecule has 4 atom stereocenters. The Morgan fingerprint density at radius 1 is 1.36 bits per heavy atom. The topological polar surface area (TPSA) is 86.0 Å². The van der Waals surface area contributed by atoms with Gasteiger partial charge >= 0.3 is 0 Å². The number of aromatic nitrogens is 5. The molecule has 0 unspecified atom stereocenters. The van der Waals surface area contributed by atoms with Gasteiger partial charge in [-0.1, -0.05) is 26.8 Å². The summed E-state index contributed by atoms with van der Waals surface area (Å²) in [4.78, 5) is 8.43. The maximum absolute atomic E-state index is 15.1. The molecular weight excluding hydrogens is 421 g/mol. The Bertz CT molecular complexity index is 1100. The molecule has 0 spiro atoms. The minimum atomic E-state index is -1.07. The predicted molar refractivity (Wildman–Crippen MR) is 125 cm³/mol. The molecule has 0 aliphatic heterocycles. The molecule has 174 valence electrons. The Kier molecular flexibility index (Phi) is 6.56. The van der Waals surface area contributed by atoms with Gasteiger partial charge in [0.05, 0.1) is 24.3 Å². The molecule has 2 aromatic heterocycles. The van der Waals surface area contributed by atoms with Crippen LogP contribution >= 0.6 is 0 Å². The quantitative estimate of drug-likeness (QED) is 0.543. The predicted octanol–water partition coefficient (Wildman–Crippen LogP) is 5.01. The van der Waals surface area contributed by atoms with Crippen LogP contribution in [0.2, 0.25) is 0 Å². The first-order valence-corrected chi connectivity index (χ1v) is 11.2. The monoisotopic (exact) mass is 451 g/mol. The van der Waals surface area contributed by atoms with Crippen LogP contribution in [0.3, 0.4) is 0 Å². The molecule has 1 aliphatic rings. The number of methoxy groups -OCH3 is 1. The first kappa shape index (κ1) is 23.0. The van der Waals surface area contributed by atoms with Crippen molar-refractivity contribution >= 4 is 5.57 Å². The third-order valence-corrected chi connectivity index (χ3v) is 6.80. The van der Waals surface area contributed by atoms with Gasteiger partial charge in [-0.05, 0) is 36.0 Å². The maximum atomic E-state index is 15.1. The zero-order chi connectivity index (χ0) is 23.6. The van der Waals surface area contributed by atoms with Gasteiger partial charge in [-0.3, -0.25) is 0 Å². The van der Waals surface area contributed by atoms with Crippen LogP contribution in [0.1, 0.15) is 45.4 Å². The molecule has 1 fully saturated rings. The van der Waals surface area contributed by atoms with E-state index in [1.165, 1.54) is 0 Å². The Balaban J connectivity index is 1.54. The number of nitrogens with zero attached hydrogens (tertiary/aromatic N) is 5. The number of phenols is 1. The van der Waals surface area contributed by atoms with E-state index in [4.69, 9.17) is 4.74 Å². The van der Waals surface area contributed by atoms with Gasteiger partial charge in [0.15, 0.2) is 5.82 Å². The highest BCUT2D eigenvalue weighted by Gasteiger charge is 2.46. The van der Waals surface area contributed by atoms with Crippen LogP contribution in [0.25, 0.3) is 22.5 Å². The molecule has 0 radical (unpaired) electrons. The van der Waals surface area contributed by atoms with Crippen molar-refractivity contribution in [3.63, 3.8) is 0 Å². The average molecular weight is 452 g/mol. The number of phenolic OH excluding ortho intramolecular Hbond substituents is 1. The number of allylic oxidation sites excluding steroid dienone is 1. The van der Waals surface area contributed by atoms with E-state index in [1.54, 1.807) is 48.7 Å². The van der Waals surface area contributed by atoms with Crippen LogP contribution in [0.4, 0.5) is 4.39 Å². The highest BCUT2D eigenvalue weighted by molar-refractivity contribution is 5.68. The lowest BCUT2D eigenvalue weighted by molar-refractivity contribution is -0.0716. The first-order valence-electron chi connectivity index (χ1n) is 11.2. The Morgan fingerprint density at radius 2 is 2.18 bits per heavy atom. The normalized spacial score (nSPS) is 25.2. The van der Waals surface area contributed by atoms with Crippen molar-refractivity contribution in [1.82, 2.24) is 24.7 Å². The van der Waals surface area contributed by atoms with Crippen LogP contribution in [0.5, 0.6) is 5.75 Å². The van der Waals surface area contributed by atoms with Gasteiger partial charge in [0.1, 0.15) is 17.6 Å². The van der Waals surface area contributed by atoms with Crippen molar-refractivity contribution < 1.29 is 14.2 Å². The number of ether oxygens (including phenoxy) is 1. The maximum Gasteiger partial charge on any atom is 0.177 e. The highest BCUT2D eigenvalue weighted by atomic mass is 19.1. The minimum absolute atomic E-state index is 0.0564. The standard InChI is InChI=1S/C25H30FN5O2/c1-5-8-25(3)13-19(20(26)12-23(25)33-4)16(2)24-28-14-21(29-30-24)18-7-6-17(11-22(18)32)31-10-9-27-15-31/h6-7,9-11,14-15,19-20,23,32H,2,5,8,12-13H2,1,3-4H3/t19-,20+,23-,25-/m0/s1. The van der Waals surface area contributed by atoms with Crippen molar-refractivity contribution in [2.75, 3.05) is 7.11 Å². The summed E-state index contributed by atoms with van der Waals surface area (Å²) in [5.41, 5.74) is 2.14. The van der Waals surface area contributed by atoms with E-state index >= 15 is 4.39 Å². The number of rotatable bonds is 7. The molecule has 0 amide bonds. The molecule has 8 heteroatoms. The number of aromatic hydroxyl groups is 1. The summed E-state index contributed by atoms with van der Waals surface area (Å²) in [5, 5.41) is 19.0. The van der Waals surface area contributed by atoms with Crippen LogP contribution in [0.15, 0.2) is 49.7 Å². The minimum Gasteiger partial charge on any atom is -0.507 e. The van der Waals surface area contributed by atoms with Gasteiger partial charge in [-0.25, -0.2) is 14.4 Å². The summed E-state index contributed by atoms with van der Waals surface area (Å²) in [6.45, 7) is 8.43. The molecule has 1 saturated carbocycles. The molecular formula is C25H30FN5O2. The van der Waals surface area contributed by atoms with E-state index in [9.17, 15) is 5.11 Å². The van der Waals surface area contributed by atoms with E-state index in [0.717, 1.165) is 18.5 Å². The molecule has 3 aromatic rings. The van der Waals surface area contributed by atoms with Crippen LogP contribution in [-0.2, 0) is 4.74 Å². The van der Waals surface area contributed by atoms with Crippen molar-refractivity contribution in [2.24, 2.45) is 11.3 Å². The van der Waals surface area contributed by atoms with Crippen molar-refractivity contribution in [2.45, 2.75) is 51.8 Å². The van der Waals surface area contributed by atoms with Gasteiger partial charge < -0.3 is 14.4 Å². The van der Waals surface area contributed by atoms with E-state index in [0.29, 0.717) is 35.5 Å². The third kappa shape index (κ3) is 4.53. The van der Waals surface area contributed by atoms with E-state index in [2.05, 4.69) is 40.6 Å². The fourth-order valence-corrected chi connectivity index (χ4v) is 4.99. The SMILES string of the molecule is C=C(c1ncc(-c2ccc(-n3ccnc3)cc2O)nn1)[C@@H]1C[C@](C)(CCC)[C@@H](OC)C[C@H]1F. The highest BCUT2D eigenvalue weighted by Crippen LogP contribution is 2.48. The molecule has 1 N–H and O–H groups in total. The van der Waals surface area contributed by atoms with Crippen LogP contribution in [0, 0.1) is 11.3 Å². The van der Waals surface area contributed by atoms with Gasteiger partial charge in [0.2, 0.25) is 0 Å². The molecule has 4 rings (SSSR count). The van der Waals surface area contributed by atoms with Crippen LogP contribution in [-0.4, -0.2) is 49.2 Å². The van der Waals surface area contributed by atoms with Gasteiger partial charge in [-0.2, -0.15) is 0 Å². The first-order chi connectivity index (χ1) is 15.9. The van der Waals surface area contributed by atoms with E-state index < -0.39 is 6.17 Å². The number of imidazole rings is 1. The summed E-state index contributed by atoms with van der Waals surface area (Å²) in [6, 6.07) is 5.23. The van der Waals surface area contributed by atoms with Gasteiger partial charge in [-0.15, -0.1) is 10.2 Å². The number of alkyl halides is 1. The largest absolute Gasteiger partial charge is 0.507 e. The van der Waals surface area contributed by atoms with Crippen molar-refractivity contribution in [3.8, 4) is 22.7 Å². The average Bonchev–Trinajstić information content (AvgIpc) is 3.35. The van der Waals surface area contributed by atoms with E-state index in [1.807, 2.05) is 6.07 Å². The molecule has 0 saturated heterocycles. The zero-order valence-corrected chi connectivity index (χ0v) is 19.3. The fourth-order valence-electron chi connectivity index (χ4n) is 4.99. The number of halogens is 1. The van der Waals surface area contributed by atoms with Crippen molar-refractivity contribution in [3.05, 3.63) is 55.5 Å². The smallest absolute Gasteiger partial charge is 0.177 e. The van der Waals surface area contributed by atoms with E-state index in [-0.39, 0.29) is 23.2 Å². The molecule has 1 aromatic carbocycles. The lowest BCUT2D eigenvalue weighted by atomic mass is 9.64. The van der Waals surface area contributed by atoms with Gasteiger partial charge in [0.25, 0.3) is 0 Å². The molecule has 7 nitrogen and oxygen atoms in total. The second kappa shape index (κ2) is 9.39. The number of hydrogen-bond acceptors (Lipinski definition) is 6. The lowest BCUT2D eigenvalue weighted by Crippen LogP contribution is -2.45. The van der Waals surface area contributed by atoms with Gasteiger partial charge in [0, 0.05) is 43.5 Å². The Hall–Kier alpha value is -3.13. The number of hydrogen-bond donors (Lipinski definition) is 1. The Morgan fingerprint density at radius 3 is 2.79 bits per heavy atom. The fraction of sp³-hybridized carbons (Fsp3) is 0.440. The second-order valence-electron chi connectivity index (χ2n) is 9.05. The summed E-state index contributed by atoms with van der Waals surface area (Å²) in [7, 11) is 1.66. The lowest BCUT2D eigenvalue weighted by Gasteiger charge is -2.45. The summed E-state index contributed by atoms with van der Waals surface area (Å²) >= 11 is 0. The van der Waals surface area contributed by atoms with Crippen LogP contribution < -0.4 is 0 Å². The second-order valence-corrected chi connectivity index (χ2v) is 9.05. The Labute approximate surface area is 193 Å². The summed E-state index contributed by atoms with van der Waals surface area (Å²) < 4.78 is 22.5. The summed E-state index contributed by atoms with van der Waals surface area (Å²) in [6.07, 6.45) is 8.37.